The van der Waals surface area contributed by atoms with Gasteiger partial charge in [0.15, 0.2) is 0 Å². The van der Waals surface area contributed by atoms with Crippen LogP contribution in [-0.2, 0) is 12.6 Å². The van der Waals surface area contributed by atoms with Gasteiger partial charge in [0, 0.05) is 31.3 Å². The number of carbonyl (C=O) groups is 1. The second-order valence-electron chi connectivity index (χ2n) is 5.67. The summed E-state index contributed by atoms with van der Waals surface area (Å²) in [5, 5.41) is 9.10. The topological polar surface area (TPSA) is 71.8 Å². The van der Waals surface area contributed by atoms with E-state index in [0.717, 1.165) is 17.7 Å². The van der Waals surface area contributed by atoms with Gasteiger partial charge in [-0.3, -0.25) is 4.98 Å². The van der Waals surface area contributed by atoms with Gasteiger partial charge in [0.05, 0.1) is 16.9 Å². The minimum absolute atomic E-state index is 0.00685. The first-order valence-electron chi connectivity index (χ1n) is 8.08. The van der Waals surface area contributed by atoms with Crippen LogP contribution in [0.4, 0.5) is 23.7 Å². The number of halogens is 3. The monoisotopic (exact) mass is 375 g/mol. The quantitative estimate of drug-likeness (QED) is 0.715. The molecule has 0 saturated carbocycles. The van der Waals surface area contributed by atoms with Gasteiger partial charge in [0.25, 0.3) is 0 Å². The summed E-state index contributed by atoms with van der Waals surface area (Å²) in [5.41, 5.74) is 0.418. The summed E-state index contributed by atoms with van der Waals surface area (Å²) >= 11 is 0. The van der Waals surface area contributed by atoms with Crippen LogP contribution in [0.2, 0.25) is 0 Å². The van der Waals surface area contributed by atoms with Crippen LogP contribution < -0.4 is 10.6 Å². The number of amides is 2. The lowest BCUT2D eigenvalue weighted by atomic mass is 10.1. The number of benzene rings is 1. The molecule has 2 amide bonds. The number of anilines is 1. The van der Waals surface area contributed by atoms with Gasteiger partial charge in [-0.1, -0.05) is 6.07 Å². The molecule has 0 aliphatic rings. The molecule has 0 saturated heterocycles. The molecule has 2 N–H and O–H groups in total. The molecule has 0 bridgehead atoms. The van der Waals surface area contributed by atoms with E-state index in [1.54, 1.807) is 30.7 Å². The fourth-order valence-electron chi connectivity index (χ4n) is 2.46. The Labute approximate surface area is 153 Å². The van der Waals surface area contributed by atoms with E-state index in [1.807, 2.05) is 6.07 Å². The van der Waals surface area contributed by atoms with Crippen molar-refractivity contribution < 1.29 is 18.0 Å². The van der Waals surface area contributed by atoms with Crippen molar-refractivity contribution in [2.24, 2.45) is 0 Å². The van der Waals surface area contributed by atoms with E-state index in [1.165, 1.54) is 16.9 Å². The zero-order valence-corrected chi connectivity index (χ0v) is 14.1. The number of nitrogens with one attached hydrogen (secondary N) is 2. The van der Waals surface area contributed by atoms with Gasteiger partial charge in [-0.15, -0.1) is 0 Å². The van der Waals surface area contributed by atoms with E-state index in [2.05, 4.69) is 20.7 Å². The van der Waals surface area contributed by atoms with Crippen molar-refractivity contribution >= 4 is 11.7 Å². The molecule has 0 unspecified atom stereocenters. The zero-order valence-electron chi connectivity index (χ0n) is 14.1. The summed E-state index contributed by atoms with van der Waals surface area (Å²) in [6, 6.07) is 7.78. The number of alkyl halides is 3. The Kier molecular flexibility index (Phi) is 5.39. The molecule has 0 radical (unpaired) electrons. The zero-order chi connectivity index (χ0) is 19.3. The van der Waals surface area contributed by atoms with Crippen molar-refractivity contribution in [2.45, 2.75) is 12.6 Å². The van der Waals surface area contributed by atoms with Crippen molar-refractivity contribution in [1.29, 1.82) is 0 Å². The summed E-state index contributed by atoms with van der Waals surface area (Å²) in [7, 11) is 0. The highest BCUT2D eigenvalue weighted by Gasteiger charge is 2.31. The molecule has 2 heterocycles. The molecule has 0 fully saturated rings. The first kappa shape index (κ1) is 18.4. The van der Waals surface area contributed by atoms with Crippen LogP contribution in [0, 0.1) is 0 Å². The summed E-state index contributed by atoms with van der Waals surface area (Å²) in [6.07, 6.45) is 2.44. The molecule has 0 aliphatic carbocycles. The fraction of sp³-hybridized carbons (Fsp3) is 0.167. The van der Waals surface area contributed by atoms with Crippen molar-refractivity contribution in [1.82, 2.24) is 20.1 Å². The van der Waals surface area contributed by atoms with Crippen molar-refractivity contribution in [2.75, 3.05) is 11.9 Å². The second-order valence-corrected chi connectivity index (χ2v) is 5.67. The molecular formula is C18H16F3N5O. The normalized spacial score (nSPS) is 11.2. The summed E-state index contributed by atoms with van der Waals surface area (Å²) in [4.78, 5) is 16.1. The number of urea groups is 1. The lowest BCUT2D eigenvalue weighted by Crippen LogP contribution is -2.31. The number of nitrogens with zero attached hydrogens (tertiary/aromatic N) is 3. The summed E-state index contributed by atoms with van der Waals surface area (Å²) < 4.78 is 40.4. The lowest BCUT2D eigenvalue weighted by molar-refractivity contribution is -0.137. The molecule has 0 aliphatic heterocycles. The largest absolute Gasteiger partial charge is 0.416 e. The maximum absolute atomic E-state index is 13.0. The molecule has 3 rings (SSSR count). The maximum atomic E-state index is 13.0. The smallest absolute Gasteiger partial charge is 0.338 e. The van der Waals surface area contributed by atoms with E-state index in [4.69, 9.17) is 0 Å². The fourth-order valence-corrected chi connectivity index (χ4v) is 2.46. The Morgan fingerprint density at radius 2 is 2.00 bits per heavy atom. The third kappa shape index (κ3) is 4.84. The van der Waals surface area contributed by atoms with Gasteiger partial charge in [-0.2, -0.15) is 18.3 Å². The predicted octanol–water partition coefficient (Wildman–Crippen LogP) is 3.65. The molecule has 27 heavy (non-hydrogen) atoms. The molecule has 0 spiro atoms. The van der Waals surface area contributed by atoms with Gasteiger partial charge in [-0.25, -0.2) is 9.48 Å². The predicted molar refractivity (Wildman–Crippen MR) is 93.5 cm³/mol. The van der Waals surface area contributed by atoms with E-state index in [9.17, 15) is 18.0 Å². The average Bonchev–Trinajstić information content (AvgIpc) is 3.16. The van der Waals surface area contributed by atoms with Crippen LogP contribution in [0.1, 0.15) is 11.1 Å². The Bertz CT molecular complexity index is 895. The van der Waals surface area contributed by atoms with Crippen LogP contribution in [0.3, 0.4) is 0 Å². The highest BCUT2D eigenvalue weighted by atomic mass is 19.4. The van der Waals surface area contributed by atoms with Crippen LogP contribution in [0.25, 0.3) is 5.69 Å². The van der Waals surface area contributed by atoms with E-state index in [-0.39, 0.29) is 5.69 Å². The minimum Gasteiger partial charge on any atom is -0.338 e. The third-order valence-corrected chi connectivity index (χ3v) is 3.75. The highest BCUT2D eigenvalue weighted by Crippen LogP contribution is 2.33. The number of carbonyl (C=O) groups excluding carboxylic acids is 1. The van der Waals surface area contributed by atoms with Crippen molar-refractivity contribution in [3.05, 3.63) is 72.3 Å². The number of pyridine rings is 1. The summed E-state index contributed by atoms with van der Waals surface area (Å²) in [5.74, 6) is 0. The number of aromatic nitrogens is 3. The van der Waals surface area contributed by atoms with Gasteiger partial charge < -0.3 is 10.6 Å². The van der Waals surface area contributed by atoms with Crippen LogP contribution in [0.5, 0.6) is 0 Å². The van der Waals surface area contributed by atoms with E-state index in [0.29, 0.717) is 18.7 Å². The molecule has 6 nitrogen and oxygen atoms in total. The molecule has 140 valence electrons. The number of hydrogen-bond donors (Lipinski definition) is 2. The van der Waals surface area contributed by atoms with Crippen LogP contribution in [-0.4, -0.2) is 27.3 Å². The Balaban J connectivity index is 1.72. The van der Waals surface area contributed by atoms with Gasteiger partial charge in [-0.05, 0) is 42.3 Å². The minimum atomic E-state index is -4.52. The molecular weight excluding hydrogens is 359 g/mol. The molecule has 3 aromatic rings. The van der Waals surface area contributed by atoms with Gasteiger partial charge in [0.2, 0.25) is 0 Å². The molecule has 9 heteroatoms. The molecule has 0 atom stereocenters. The van der Waals surface area contributed by atoms with Crippen molar-refractivity contribution in [3.8, 4) is 5.69 Å². The standard InChI is InChI=1S/C18H16F3N5O/c19-18(20,21)14-4-5-16(26-10-2-8-24-26)15(11-14)25-17(27)23-9-6-13-3-1-7-22-12-13/h1-5,7-8,10-12H,6,9H2,(H2,23,25,27). The SMILES string of the molecule is O=C(NCCc1cccnc1)Nc1cc(C(F)(F)F)ccc1-n1cccn1. The Morgan fingerprint density at radius 1 is 1.15 bits per heavy atom. The first-order chi connectivity index (χ1) is 12.9. The van der Waals surface area contributed by atoms with Crippen molar-refractivity contribution in [3.63, 3.8) is 0 Å². The highest BCUT2D eigenvalue weighted by molar-refractivity contribution is 5.91. The number of hydrogen-bond acceptors (Lipinski definition) is 3. The Hall–Kier alpha value is -3.36. The number of rotatable bonds is 5. The van der Waals surface area contributed by atoms with Gasteiger partial charge >= 0.3 is 12.2 Å². The lowest BCUT2D eigenvalue weighted by Gasteiger charge is -2.15. The maximum Gasteiger partial charge on any atom is 0.416 e. The summed E-state index contributed by atoms with van der Waals surface area (Å²) in [6.45, 7) is 0.313. The van der Waals surface area contributed by atoms with Crippen LogP contribution >= 0.6 is 0 Å². The van der Waals surface area contributed by atoms with E-state index < -0.39 is 17.8 Å². The average molecular weight is 375 g/mol. The molecule has 1 aromatic carbocycles. The third-order valence-electron chi connectivity index (χ3n) is 3.75. The van der Waals surface area contributed by atoms with E-state index >= 15 is 0 Å². The second kappa shape index (κ2) is 7.90. The Morgan fingerprint density at radius 3 is 2.67 bits per heavy atom. The molecule has 2 aromatic heterocycles. The first-order valence-corrected chi connectivity index (χ1v) is 8.08. The van der Waals surface area contributed by atoms with Gasteiger partial charge in [0.1, 0.15) is 0 Å². The van der Waals surface area contributed by atoms with Crippen LogP contribution in [0.15, 0.2) is 61.2 Å².